The molecule has 1 atom stereocenters. The van der Waals surface area contributed by atoms with Crippen molar-refractivity contribution in [3.8, 4) is 5.75 Å². The van der Waals surface area contributed by atoms with E-state index in [4.69, 9.17) is 11.6 Å². The zero-order chi connectivity index (χ0) is 14.8. The highest BCUT2D eigenvalue weighted by Crippen LogP contribution is 2.43. The van der Waals surface area contributed by atoms with Crippen LogP contribution in [0.15, 0.2) is 34.1 Å². The predicted octanol–water partition coefficient (Wildman–Crippen LogP) is 3.86. The number of benzene rings is 1. The van der Waals surface area contributed by atoms with E-state index in [1.807, 2.05) is 12.1 Å². The first-order valence-corrected chi connectivity index (χ1v) is 8.88. The molecule has 0 saturated carbocycles. The van der Waals surface area contributed by atoms with Gasteiger partial charge >= 0.3 is 0 Å². The van der Waals surface area contributed by atoms with Crippen LogP contribution in [0.5, 0.6) is 5.75 Å². The molecule has 2 heterocycles. The molecule has 3 nitrogen and oxygen atoms in total. The molecule has 2 N–H and O–H groups in total. The van der Waals surface area contributed by atoms with Crippen LogP contribution in [0.4, 0.5) is 0 Å². The summed E-state index contributed by atoms with van der Waals surface area (Å²) < 4.78 is 0.679. The number of hydrogen-bond donors (Lipinski definition) is 2. The number of thiophene rings is 1. The van der Waals surface area contributed by atoms with Gasteiger partial charge in [-0.15, -0.1) is 11.3 Å². The molecule has 1 aliphatic rings. The van der Waals surface area contributed by atoms with E-state index in [0.717, 1.165) is 31.7 Å². The maximum atomic E-state index is 10.5. The van der Waals surface area contributed by atoms with Crippen LogP contribution in [-0.2, 0) is 0 Å². The van der Waals surface area contributed by atoms with Crippen LogP contribution in [0.1, 0.15) is 16.5 Å². The zero-order valence-electron chi connectivity index (χ0n) is 11.4. The van der Waals surface area contributed by atoms with Crippen molar-refractivity contribution >= 4 is 38.9 Å². The van der Waals surface area contributed by atoms with Crippen LogP contribution in [-0.4, -0.2) is 36.2 Å². The Bertz CT molecular complexity index is 614. The summed E-state index contributed by atoms with van der Waals surface area (Å²) in [6.45, 7) is 3.78. The Hall–Kier alpha value is -0.590. The Morgan fingerprint density at radius 3 is 2.71 bits per heavy atom. The summed E-state index contributed by atoms with van der Waals surface area (Å²) in [6, 6.07) is 7.76. The van der Waals surface area contributed by atoms with Crippen molar-refractivity contribution in [3.63, 3.8) is 0 Å². The van der Waals surface area contributed by atoms with E-state index in [2.05, 4.69) is 37.6 Å². The third-order valence-electron chi connectivity index (χ3n) is 3.72. The molecule has 1 saturated heterocycles. The second-order valence-corrected chi connectivity index (χ2v) is 7.24. The van der Waals surface area contributed by atoms with Gasteiger partial charge < -0.3 is 10.4 Å². The van der Waals surface area contributed by atoms with Gasteiger partial charge in [0.15, 0.2) is 0 Å². The molecule has 1 fully saturated rings. The molecular formula is C15H16BrClN2OS. The van der Waals surface area contributed by atoms with Crippen molar-refractivity contribution < 1.29 is 5.11 Å². The maximum absolute atomic E-state index is 10.5. The van der Waals surface area contributed by atoms with E-state index in [1.165, 1.54) is 4.88 Å². The van der Waals surface area contributed by atoms with Gasteiger partial charge in [-0.1, -0.05) is 17.7 Å². The summed E-state index contributed by atoms with van der Waals surface area (Å²) in [5, 5.41) is 16.5. The fourth-order valence-corrected chi connectivity index (χ4v) is 4.18. The number of piperazine rings is 1. The Kier molecular flexibility index (Phi) is 4.86. The number of nitrogens with one attached hydrogen (secondary N) is 1. The Labute approximate surface area is 141 Å². The van der Waals surface area contributed by atoms with E-state index in [9.17, 15) is 5.11 Å². The topological polar surface area (TPSA) is 35.5 Å². The average molecular weight is 388 g/mol. The maximum Gasteiger partial charge on any atom is 0.136 e. The monoisotopic (exact) mass is 386 g/mol. The van der Waals surface area contributed by atoms with Gasteiger partial charge in [0.2, 0.25) is 0 Å². The molecule has 21 heavy (non-hydrogen) atoms. The summed E-state index contributed by atoms with van der Waals surface area (Å²) in [5.74, 6) is 0.236. The van der Waals surface area contributed by atoms with Crippen LogP contribution >= 0.6 is 38.9 Å². The van der Waals surface area contributed by atoms with Crippen molar-refractivity contribution in [3.05, 3.63) is 49.6 Å². The first kappa shape index (κ1) is 15.3. The second kappa shape index (κ2) is 6.67. The first-order chi connectivity index (χ1) is 10.2. The van der Waals surface area contributed by atoms with Crippen molar-refractivity contribution in [2.75, 3.05) is 26.2 Å². The lowest BCUT2D eigenvalue weighted by atomic mass is 10.0. The van der Waals surface area contributed by atoms with Gasteiger partial charge in [0.1, 0.15) is 5.75 Å². The summed E-state index contributed by atoms with van der Waals surface area (Å²) >= 11 is 11.5. The van der Waals surface area contributed by atoms with Gasteiger partial charge in [-0.05, 0) is 39.5 Å². The van der Waals surface area contributed by atoms with Crippen LogP contribution in [0, 0.1) is 0 Å². The summed E-state index contributed by atoms with van der Waals surface area (Å²) in [5.41, 5.74) is 0.787. The number of aromatic hydroxyl groups is 1. The van der Waals surface area contributed by atoms with E-state index >= 15 is 0 Å². The molecule has 2 aromatic rings. The van der Waals surface area contributed by atoms with Gasteiger partial charge in [0.05, 0.1) is 10.5 Å². The molecule has 0 spiro atoms. The lowest BCUT2D eigenvalue weighted by Crippen LogP contribution is -2.45. The van der Waals surface area contributed by atoms with E-state index in [0.29, 0.717) is 9.50 Å². The van der Waals surface area contributed by atoms with Crippen molar-refractivity contribution in [1.82, 2.24) is 10.2 Å². The molecule has 0 unspecified atom stereocenters. The molecule has 0 aliphatic carbocycles. The second-order valence-electron chi connectivity index (χ2n) is 5.00. The average Bonchev–Trinajstić information content (AvgIpc) is 3.02. The highest BCUT2D eigenvalue weighted by atomic mass is 79.9. The fraction of sp³-hybridized carbons (Fsp3) is 0.333. The number of phenols is 1. The molecule has 112 valence electrons. The molecule has 0 radical (unpaired) electrons. The van der Waals surface area contributed by atoms with Crippen LogP contribution in [0.25, 0.3) is 0 Å². The predicted molar refractivity (Wildman–Crippen MR) is 91.4 cm³/mol. The molecule has 1 aromatic heterocycles. The van der Waals surface area contributed by atoms with E-state index in [-0.39, 0.29) is 11.8 Å². The lowest BCUT2D eigenvalue weighted by molar-refractivity contribution is 0.198. The quantitative estimate of drug-likeness (QED) is 0.839. The highest BCUT2D eigenvalue weighted by molar-refractivity contribution is 9.10. The molecule has 1 aliphatic heterocycles. The number of halogens is 2. The smallest absolute Gasteiger partial charge is 0.136 e. The Morgan fingerprint density at radius 2 is 2.05 bits per heavy atom. The first-order valence-electron chi connectivity index (χ1n) is 6.83. The molecule has 0 amide bonds. The minimum atomic E-state index is -0.00269. The molecule has 0 bridgehead atoms. The van der Waals surface area contributed by atoms with Gasteiger partial charge in [-0.3, -0.25) is 4.90 Å². The number of nitrogens with zero attached hydrogens (tertiary/aromatic N) is 1. The summed E-state index contributed by atoms with van der Waals surface area (Å²) in [7, 11) is 0. The van der Waals surface area contributed by atoms with E-state index < -0.39 is 0 Å². The van der Waals surface area contributed by atoms with E-state index in [1.54, 1.807) is 17.4 Å². The fourth-order valence-electron chi connectivity index (χ4n) is 2.71. The van der Waals surface area contributed by atoms with Crippen molar-refractivity contribution in [2.24, 2.45) is 0 Å². The minimum Gasteiger partial charge on any atom is -0.506 e. The van der Waals surface area contributed by atoms with Crippen LogP contribution in [0.3, 0.4) is 0 Å². The summed E-state index contributed by atoms with van der Waals surface area (Å²) in [4.78, 5) is 3.57. The number of phenolic OH excluding ortho intramolecular Hbond substituents is 1. The summed E-state index contributed by atoms with van der Waals surface area (Å²) in [6.07, 6.45) is 0. The molecule has 6 heteroatoms. The SMILES string of the molecule is Oc1c(Br)ccc(Cl)c1[C@@H](c1cccs1)N1CCNCC1. The standard InChI is InChI=1S/C15H16BrClN2OS/c16-10-3-4-11(17)13(15(10)20)14(12-2-1-9-21-12)19-7-5-18-6-8-19/h1-4,9,14,18,20H,5-8H2/t14-/m1/s1. The number of rotatable bonds is 3. The zero-order valence-corrected chi connectivity index (χ0v) is 14.5. The van der Waals surface area contributed by atoms with Crippen molar-refractivity contribution in [1.29, 1.82) is 0 Å². The largest absolute Gasteiger partial charge is 0.506 e. The number of hydrogen-bond acceptors (Lipinski definition) is 4. The normalized spacial score (nSPS) is 17.8. The third kappa shape index (κ3) is 3.12. The molecular weight excluding hydrogens is 372 g/mol. The van der Waals surface area contributed by atoms with Gasteiger partial charge in [0.25, 0.3) is 0 Å². The minimum absolute atomic E-state index is 0.00269. The Morgan fingerprint density at radius 1 is 1.29 bits per heavy atom. The molecule has 1 aromatic carbocycles. The van der Waals surface area contributed by atoms with Gasteiger partial charge in [0, 0.05) is 41.6 Å². The van der Waals surface area contributed by atoms with Crippen LogP contribution in [0.2, 0.25) is 5.02 Å². The highest BCUT2D eigenvalue weighted by Gasteiger charge is 2.29. The molecule has 3 rings (SSSR count). The van der Waals surface area contributed by atoms with Crippen LogP contribution < -0.4 is 5.32 Å². The van der Waals surface area contributed by atoms with Crippen molar-refractivity contribution in [2.45, 2.75) is 6.04 Å². The third-order valence-corrected chi connectivity index (χ3v) is 5.61. The van der Waals surface area contributed by atoms with Gasteiger partial charge in [-0.2, -0.15) is 0 Å². The van der Waals surface area contributed by atoms with Gasteiger partial charge in [-0.25, -0.2) is 0 Å². The Balaban J connectivity index is 2.09. The lowest BCUT2D eigenvalue weighted by Gasteiger charge is -2.35.